The molecule has 19 heavy (non-hydrogen) atoms. The Hall–Kier alpha value is -1.26. The molecule has 1 aliphatic carbocycles. The van der Waals surface area contributed by atoms with Gasteiger partial charge in [0.05, 0.1) is 0 Å². The lowest BCUT2D eigenvalue weighted by Crippen LogP contribution is -2.56. The van der Waals surface area contributed by atoms with Crippen LogP contribution in [0.25, 0.3) is 0 Å². The summed E-state index contributed by atoms with van der Waals surface area (Å²) in [5, 5.41) is 9.22. The van der Waals surface area contributed by atoms with Crippen molar-refractivity contribution in [2.45, 2.75) is 77.5 Å². The summed E-state index contributed by atoms with van der Waals surface area (Å²) in [4.78, 5) is 25.0. The van der Waals surface area contributed by atoms with Crippen LogP contribution in [0.15, 0.2) is 0 Å². The number of aliphatic carboxylic acids is 1. The molecule has 1 atom stereocenters. The zero-order chi connectivity index (χ0) is 14.8. The van der Waals surface area contributed by atoms with E-state index in [2.05, 4.69) is 0 Å². The molecule has 0 saturated heterocycles. The lowest BCUT2D eigenvalue weighted by atomic mass is 9.96. The highest BCUT2D eigenvalue weighted by Gasteiger charge is 2.44. The second-order valence-electron chi connectivity index (χ2n) is 6.57. The highest BCUT2D eigenvalue weighted by molar-refractivity contribution is 5.80. The van der Waals surface area contributed by atoms with Gasteiger partial charge in [-0.15, -0.1) is 0 Å². The first-order valence-electron chi connectivity index (χ1n) is 6.82. The van der Waals surface area contributed by atoms with E-state index in [9.17, 15) is 14.7 Å². The molecular formula is C14H25NO4. The minimum atomic E-state index is -1.00. The summed E-state index contributed by atoms with van der Waals surface area (Å²) in [7, 11) is 0. The Bertz CT molecular complexity index is 353. The molecule has 5 heteroatoms. The number of amides is 1. The Kier molecular flexibility index (Phi) is 4.48. The number of carboxylic acids is 1. The van der Waals surface area contributed by atoms with Crippen molar-refractivity contribution in [1.82, 2.24) is 4.90 Å². The first-order valence-corrected chi connectivity index (χ1v) is 6.82. The summed E-state index contributed by atoms with van der Waals surface area (Å²) in [6, 6.07) is -0.877. The average Bonchev–Trinajstić information content (AvgIpc) is 2.62. The Morgan fingerprint density at radius 1 is 1.26 bits per heavy atom. The second kappa shape index (κ2) is 5.39. The van der Waals surface area contributed by atoms with Gasteiger partial charge in [0.2, 0.25) is 0 Å². The van der Waals surface area contributed by atoms with Crippen LogP contribution in [0.1, 0.15) is 60.3 Å². The van der Waals surface area contributed by atoms with Crippen LogP contribution in [0.2, 0.25) is 0 Å². The lowest BCUT2D eigenvalue weighted by molar-refractivity contribution is -0.144. The molecule has 1 aliphatic rings. The minimum absolute atomic E-state index is 0.417. The molecule has 5 nitrogen and oxygen atoms in total. The van der Waals surface area contributed by atoms with Crippen LogP contribution in [0.3, 0.4) is 0 Å². The zero-order valence-corrected chi connectivity index (χ0v) is 12.5. The van der Waals surface area contributed by atoms with Gasteiger partial charge in [0, 0.05) is 5.54 Å². The Balaban J connectivity index is 2.99. The minimum Gasteiger partial charge on any atom is -0.480 e. The number of nitrogens with zero attached hydrogens (tertiary/aromatic N) is 1. The second-order valence-corrected chi connectivity index (χ2v) is 6.57. The molecule has 0 aliphatic heterocycles. The van der Waals surface area contributed by atoms with Crippen molar-refractivity contribution >= 4 is 12.1 Å². The van der Waals surface area contributed by atoms with Crippen LogP contribution in [0.4, 0.5) is 4.79 Å². The number of carbonyl (C=O) groups excluding carboxylic acids is 1. The molecule has 0 spiro atoms. The third-order valence-electron chi connectivity index (χ3n) is 3.60. The average molecular weight is 271 g/mol. The van der Waals surface area contributed by atoms with Crippen molar-refractivity contribution in [2.24, 2.45) is 0 Å². The molecule has 1 unspecified atom stereocenters. The molecule has 1 amide bonds. The van der Waals surface area contributed by atoms with Gasteiger partial charge in [0.1, 0.15) is 11.6 Å². The van der Waals surface area contributed by atoms with Crippen molar-refractivity contribution in [3.63, 3.8) is 0 Å². The van der Waals surface area contributed by atoms with E-state index in [1.165, 1.54) is 11.8 Å². The van der Waals surface area contributed by atoms with E-state index in [1.807, 2.05) is 6.92 Å². The molecule has 0 aromatic rings. The van der Waals surface area contributed by atoms with E-state index in [-0.39, 0.29) is 0 Å². The van der Waals surface area contributed by atoms with Crippen LogP contribution in [0.5, 0.6) is 0 Å². The molecule has 110 valence electrons. The fourth-order valence-electron chi connectivity index (χ4n) is 2.65. The van der Waals surface area contributed by atoms with Gasteiger partial charge >= 0.3 is 12.1 Å². The van der Waals surface area contributed by atoms with Crippen molar-refractivity contribution in [3.05, 3.63) is 0 Å². The van der Waals surface area contributed by atoms with Gasteiger partial charge in [-0.3, -0.25) is 4.90 Å². The van der Waals surface area contributed by atoms with E-state index in [4.69, 9.17) is 4.74 Å². The number of rotatable bonds is 3. The standard InChI is InChI=1S/C14H25NO4/c1-10(11(16)17)15(12(18)19-13(2,3)4)14(5)8-6-7-9-14/h10H,6-9H2,1-5H3,(H,16,17). The molecule has 0 aromatic carbocycles. The van der Waals surface area contributed by atoms with Gasteiger partial charge in [-0.25, -0.2) is 9.59 Å². The van der Waals surface area contributed by atoms with E-state index >= 15 is 0 Å². The van der Waals surface area contributed by atoms with Crippen LogP contribution in [-0.4, -0.2) is 39.3 Å². The Morgan fingerprint density at radius 2 is 1.74 bits per heavy atom. The van der Waals surface area contributed by atoms with E-state index in [0.717, 1.165) is 25.7 Å². The van der Waals surface area contributed by atoms with Gasteiger partial charge in [-0.05, 0) is 47.5 Å². The van der Waals surface area contributed by atoms with E-state index in [1.54, 1.807) is 20.8 Å². The first-order chi connectivity index (χ1) is 8.57. The maximum atomic E-state index is 12.3. The molecule has 0 bridgehead atoms. The number of carbonyl (C=O) groups is 2. The topological polar surface area (TPSA) is 66.8 Å². The quantitative estimate of drug-likeness (QED) is 0.856. The molecule has 1 rings (SSSR count). The molecule has 0 heterocycles. The summed E-state index contributed by atoms with van der Waals surface area (Å²) in [6.45, 7) is 8.83. The predicted octanol–water partition coefficient (Wildman–Crippen LogP) is 3.03. The highest BCUT2D eigenvalue weighted by Crippen LogP contribution is 2.37. The molecule has 0 radical (unpaired) electrons. The van der Waals surface area contributed by atoms with Crippen LogP contribution in [-0.2, 0) is 9.53 Å². The molecule has 1 saturated carbocycles. The van der Waals surface area contributed by atoms with Crippen molar-refractivity contribution < 1.29 is 19.4 Å². The summed E-state index contributed by atoms with van der Waals surface area (Å²) in [5.74, 6) is -1.00. The molecule has 0 aromatic heterocycles. The van der Waals surface area contributed by atoms with Crippen LogP contribution >= 0.6 is 0 Å². The lowest BCUT2D eigenvalue weighted by Gasteiger charge is -2.41. The van der Waals surface area contributed by atoms with Gasteiger partial charge in [-0.1, -0.05) is 12.8 Å². The summed E-state index contributed by atoms with van der Waals surface area (Å²) in [6.07, 6.45) is 3.14. The van der Waals surface area contributed by atoms with Crippen molar-refractivity contribution in [3.8, 4) is 0 Å². The molecule has 1 fully saturated rings. The van der Waals surface area contributed by atoms with Gasteiger partial charge < -0.3 is 9.84 Å². The Labute approximate surface area is 114 Å². The van der Waals surface area contributed by atoms with Gasteiger partial charge in [-0.2, -0.15) is 0 Å². The van der Waals surface area contributed by atoms with Crippen LogP contribution in [0, 0.1) is 0 Å². The van der Waals surface area contributed by atoms with Gasteiger partial charge in [0.15, 0.2) is 0 Å². The smallest absolute Gasteiger partial charge is 0.411 e. The fourth-order valence-corrected chi connectivity index (χ4v) is 2.65. The maximum absolute atomic E-state index is 12.3. The van der Waals surface area contributed by atoms with Gasteiger partial charge in [0.25, 0.3) is 0 Å². The largest absolute Gasteiger partial charge is 0.480 e. The number of carboxylic acid groups (broad SMARTS) is 1. The number of ether oxygens (including phenoxy) is 1. The monoisotopic (exact) mass is 271 g/mol. The SMILES string of the molecule is CC(C(=O)O)N(C(=O)OC(C)(C)C)C1(C)CCCC1. The number of hydrogen-bond donors (Lipinski definition) is 1. The first kappa shape index (κ1) is 15.8. The summed E-state index contributed by atoms with van der Waals surface area (Å²) in [5.41, 5.74) is -1.04. The predicted molar refractivity (Wildman–Crippen MR) is 72.0 cm³/mol. The fraction of sp³-hybridized carbons (Fsp3) is 0.857. The summed E-state index contributed by atoms with van der Waals surface area (Å²) < 4.78 is 5.37. The third-order valence-corrected chi connectivity index (χ3v) is 3.60. The van der Waals surface area contributed by atoms with E-state index < -0.39 is 29.2 Å². The summed E-state index contributed by atoms with van der Waals surface area (Å²) >= 11 is 0. The zero-order valence-electron chi connectivity index (χ0n) is 12.5. The normalized spacial score (nSPS) is 19.8. The molecular weight excluding hydrogens is 246 g/mol. The Morgan fingerprint density at radius 3 is 2.11 bits per heavy atom. The van der Waals surface area contributed by atoms with E-state index in [0.29, 0.717) is 0 Å². The van der Waals surface area contributed by atoms with Crippen LogP contribution < -0.4 is 0 Å². The maximum Gasteiger partial charge on any atom is 0.411 e. The number of hydrogen-bond acceptors (Lipinski definition) is 3. The molecule has 1 N–H and O–H groups in total. The highest BCUT2D eigenvalue weighted by atomic mass is 16.6. The van der Waals surface area contributed by atoms with Crippen molar-refractivity contribution in [2.75, 3.05) is 0 Å². The third kappa shape index (κ3) is 3.85. The van der Waals surface area contributed by atoms with Crippen molar-refractivity contribution in [1.29, 1.82) is 0 Å².